The molecule has 1 heterocycles. The third-order valence-electron chi connectivity index (χ3n) is 5.19. The molecule has 0 bridgehead atoms. The number of phenolic OH excluding ortho intramolecular Hbond substituents is 1. The van der Waals surface area contributed by atoms with Crippen molar-refractivity contribution in [3.63, 3.8) is 0 Å². The quantitative estimate of drug-likeness (QED) is 0.803. The Kier molecular flexibility index (Phi) is 3.93. The normalized spacial score (nSPS) is 22.2. The molecular formula is C19H17Cl2NO2. The van der Waals surface area contributed by atoms with Gasteiger partial charge in [-0.2, -0.15) is 0 Å². The minimum atomic E-state index is -0.181. The standard InChI is InChI=1S/C19H17Cl2NO2/c20-15-8-12(9-16(21)18(15)23)19(24)22-7-3-6-14-13-5-2-1-4-11(13)10-17(14)22/h1-2,4-5,8-9,14,17,23H,3,6-7,10H2. The van der Waals surface area contributed by atoms with Gasteiger partial charge in [-0.05, 0) is 42.5 Å². The number of carbonyl (C=O) groups excluding carboxylic acids is 1. The van der Waals surface area contributed by atoms with Crippen LogP contribution in [0.3, 0.4) is 0 Å². The first kappa shape index (κ1) is 15.8. The number of rotatable bonds is 1. The van der Waals surface area contributed by atoms with E-state index in [0.717, 1.165) is 25.8 Å². The van der Waals surface area contributed by atoms with E-state index in [1.54, 1.807) is 0 Å². The molecule has 0 aromatic heterocycles. The first-order chi connectivity index (χ1) is 11.6. The van der Waals surface area contributed by atoms with Crippen LogP contribution in [0.2, 0.25) is 10.0 Å². The summed E-state index contributed by atoms with van der Waals surface area (Å²) in [6, 6.07) is 11.7. The van der Waals surface area contributed by atoms with Gasteiger partial charge in [-0.1, -0.05) is 47.5 Å². The molecule has 2 unspecified atom stereocenters. The highest BCUT2D eigenvalue weighted by atomic mass is 35.5. The maximum Gasteiger partial charge on any atom is 0.254 e. The Morgan fingerprint density at radius 3 is 2.62 bits per heavy atom. The van der Waals surface area contributed by atoms with Crippen LogP contribution in [0, 0.1) is 0 Å². The van der Waals surface area contributed by atoms with Crippen LogP contribution in [0.5, 0.6) is 5.75 Å². The number of hydrogen-bond donors (Lipinski definition) is 1. The van der Waals surface area contributed by atoms with Crippen molar-refractivity contribution in [3.05, 3.63) is 63.1 Å². The molecule has 124 valence electrons. The molecule has 1 saturated heterocycles. The van der Waals surface area contributed by atoms with Crippen LogP contribution in [-0.4, -0.2) is 28.5 Å². The van der Waals surface area contributed by atoms with Crippen LogP contribution >= 0.6 is 23.2 Å². The first-order valence-corrected chi connectivity index (χ1v) is 8.88. The van der Waals surface area contributed by atoms with Crippen molar-refractivity contribution in [2.45, 2.75) is 31.2 Å². The molecule has 1 fully saturated rings. The van der Waals surface area contributed by atoms with Gasteiger partial charge in [0.15, 0.2) is 5.75 Å². The zero-order valence-electron chi connectivity index (χ0n) is 13.0. The van der Waals surface area contributed by atoms with E-state index >= 15 is 0 Å². The Balaban J connectivity index is 1.66. The largest absolute Gasteiger partial charge is 0.505 e. The van der Waals surface area contributed by atoms with E-state index in [1.165, 1.54) is 23.3 Å². The molecule has 1 aliphatic carbocycles. The van der Waals surface area contributed by atoms with Gasteiger partial charge in [0.25, 0.3) is 5.91 Å². The highest BCUT2D eigenvalue weighted by molar-refractivity contribution is 6.37. The summed E-state index contributed by atoms with van der Waals surface area (Å²) in [5.74, 6) is 0.156. The van der Waals surface area contributed by atoms with E-state index < -0.39 is 0 Å². The summed E-state index contributed by atoms with van der Waals surface area (Å²) in [5.41, 5.74) is 3.15. The number of fused-ring (bicyclic) bond motifs is 3. The lowest BCUT2D eigenvalue weighted by Crippen LogP contribution is -2.46. The van der Waals surface area contributed by atoms with E-state index in [9.17, 15) is 9.90 Å². The number of nitrogens with zero attached hydrogens (tertiary/aromatic N) is 1. The van der Waals surface area contributed by atoms with Crippen molar-refractivity contribution in [1.29, 1.82) is 0 Å². The van der Waals surface area contributed by atoms with Gasteiger partial charge >= 0.3 is 0 Å². The summed E-state index contributed by atoms with van der Waals surface area (Å²) >= 11 is 12.0. The molecular weight excluding hydrogens is 345 g/mol. The smallest absolute Gasteiger partial charge is 0.254 e. The molecule has 5 heteroatoms. The van der Waals surface area contributed by atoms with Gasteiger partial charge < -0.3 is 10.0 Å². The van der Waals surface area contributed by atoms with Gasteiger partial charge in [0, 0.05) is 24.1 Å². The minimum Gasteiger partial charge on any atom is -0.505 e. The van der Waals surface area contributed by atoms with Crippen molar-refractivity contribution in [2.24, 2.45) is 0 Å². The monoisotopic (exact) mass is 361 g/mol. The number of hydrogen-bond acceptors (Lipinski definition) is 2. The number of piperidine rings is 1. The lowest BCUT2D eigenvalue weighted by molar-refractivity contribution is 0.0595. The molecule has 2 aliphatic rings. The molecule has 0 radical (unpaired) electrons. The second-order valence-electron chi connectivity index (χ2n) is 6.51. The first-order valence-electron chi connectivity index (χ1n) is 8.13. The van der Waals surface area contributed by atoms with Crippen LogP contribution in [-0.2, 0) is 6.42 Å². The van der Waals surface area contributed by atoms with E-state index in [0.29, 0.717) is 11.5 Å². The summed E-state index contributed by atoms with van der Waals surface area (Å²) in [6.07, 6.45) is 3.00. The van der Waals surface area contributed by atoms with Crippen LogP contribution in [0.1, 0.15) is 40.2 Å². The van der Waals surface area contributed by atoms with Gasteiger partial charge in [0.2, 0.25) is 0 Å². The molecule has 2 aromatic carbocycles. The Morgan fingerprint density at radius 2 is 1.88 bits per heavy atom. The molecule has 24 heavy (non-hydrogen) atoms. The molecule has 0 spiro atoms. The molecule has 3 nitrogen and oxygen atoms in total. The SMILES string of the molecule is O=C(c1cc(Cl)c(O)c(Cl)c1)N1CCCC2c3ccccc3CC21. The van der Waals surface area contributed by atoms with Gasteiger partial charge in [0.1, 0.15) is 0 Å². The van der Waals surface area contributed by atoms with Gasteiger partial charge in [-0.25, -0.2) is 0 Å². The molecule has 1 aliphatic heterocycles. The Labute approximate surface area is 150 Å². The van der Waals surface area contributed by atoms with Crippen LogP contribution in [0.15, 0.2) is 36.4 Å². The molecule has 0 saturated carbocycles. The van der Waals surface area contributed by atoms with Crippen molar-refractivity contribution in [2.75, 3.05) is 6.54 Å². The zero-order valence-corrected chi connectivity index (χ0v) is 14.5. The second kappa shape index (κ2) is 5.98. The van der Waals surface area contributed by atoms with Crippen molar-refractivity contribution in [3.8, 4) is 5.75 Å². The predicted molar refractivity (Wildman–Crippen MR) is 95.1 cm³/mol. The van der Waals surface area contributed by atoms with Gasteiger partial charge in [-0.3, -0.25) is 4.79 Å². The van der Waals surface area contributed by atoms with Crippen molar-refractivity contribution >= 4 is 29.1 Å². The highest BCUT2D eigenvalue weighted by Crippen LogP contribution is 2.43. The summed E-state index contributed by atoms with van der Waals surface area (Å²) in [5, 5.41) is 9.91. The third-order valence-corrected chi connectivity index (χ3v) is 5.76. The van der Waals surface area contributed by atoms with Crippen LogP contribution in [0.4, 0.5) is 0 Å². The van der Waals surface area contributed by atoms with Crippen molar-refractivity contribution in [1.82, 2.24) is 4.90 Å². The number of phenols is 1. The number of aromatic hydroxyl groups is 1. The topological polar surface area (TPSA) is 40.5 Å². The lowest BCUT2D eigenvalue weighted by Gasteiger charge is -2.38. The van der Waals surface area contributed by atoms with Crippen molar-refractivity contribution < 1.29 is 9.90 Å². The maximum atomic E-state index is 13.0. The predicted octanol–water partition coefficient (Wildman–Crippen LogP) is 4.64. The minimum absolute atomic E-state index is 0.0682. The number of halogens is 2. The number of amides is 1. The van der Waals surface area contributed by atoms with E-state index in [1.807, 2.05) is 4.90 Å². The van der Waals surface area contributed by atoms with Crippen LogP contribution < -0.4 is 0 Å². The average Bonchev–Trinajstić information content (AvgIpc) is 2.97. The summed E-state index contributed by atoms with van der Waals surface area (Å²) in [6.45, 7) is 0.740. The molecule has 2 atom stereocenters. The maximum absolute atomic E-state index is 13.0. The number of carbonyl (C=O) groups is 1. The Morgan fingerprint density at radius 1 is 1.17 bits per heavy atom. The number of likely N-dealkylation sites (tertiary alicyclic amines) is 1. The molecule has 2 aromatic rings. The average molecular weight is 362 g/mol. The fourth-order valence-electron chi connectivity index (χ4n) is 4.09. The van der Waals surface area contributed by atoms with E-state index in [2.05, 4.69) is 24.3 Å². The molecule has 4 rings (SSSR count). The third kappa shape index (κ3) is 2.47. The van der Waals surface area contributed by atoms with Crippen LogP contribution in [0.25, 0.3) is 0 Å². The summed E-state index contributed by atoms with van der Waals surface area (Å²) in [4.78, 5) is 15.0. The molecule has 1 amide bonds. The molecule has 1 N–H and O–H groups in total. The van der Waals surface area contributed by atoms with E-state index in [-0.39, 0.29) is 27.7 Å². The van der Waals surface area contributed by atoms with E-state index in [4.69, 9.17) is 23.2 Å². The fourth-order valence-corrected chi connectivity index (χ4v) is 4.57. The second-order valence-corrected chi connectivity index (χ2v) is 7.32. The fraction of sp³-hybridized carbons (Fsp3) is 0.316. The lowest BCUT2D eigenvalue weighted by atomic mass is 9.88. The van der Waals surface area contributed by atoms with Gasteiger partial charge in [0.05, 0.1) is 10.0 Å². The summed E-state index contributed by atoms with van der Waals surface area (Å²) < 4.78 is 0. The number of benzene rings is 2. The highest BCUT2D eigenvalue weighted by Gasteiger charge is 2.40. The Hall–Kier alpha value is -1.71. The van der Waals surface area contributed by atoms with Gasteiger partial charge in [-0.15, -0.1) is 0 Å². The Bertz CT molecular complexity index is 798. The zero-order chi connectivity index (χ0) is 16.8. The summed E-state index contributed by atoms with van der Waals surface area (Å²) in [7, 11) is 0.